The summed E-state index contributed by atoms with van der Waals surface area (Å²) in [5.41, 5.74) is 3.06. The highest BCUT2D eigenvalue weighted by atomic mass is 16.3. The third-order valence-corrected chi connectivity index (χ3v) is 4.87. The number of hydrogen-bond acceptors (Lipinski definition) is 4. The van der Waals surface area contributed by atoms with E-state index in [-0.39, 0.29) is 12.0 Å². The van der Waals surface area contributed by atoms with E-state index in [4.69, 9.17) is 5.26 Å². The van der Waals surface area contributed by atoms with Gasteiger partial charge in [-0.1, -0.05) is 24.3 Å². The highest BCUT2D eigenvalue weighted by Gasteiger charge is 2.16. The first-order valence-electron chi connectivity index (χ1n) is 9.45. The summed E-state index contributed by atoms with van der Waals surface area (Å²) in [6.07, 6.45) is 2.58. The van der Waals surface area contributed by atoms with Gasteiger partial charge in [0.05, 0.1) is 17.7 Å². The molecule has 0 aliphatic carbocycles. The Morgan fingerprint density at radius 2 is 2.00 bits per heavy atom. The second kappa shape index (κ2) is 9.31. The summed E-state index contributed by atoms with van der Waals surface area (Å²) in [5.74, 6) is -0.0908. The first-order valence-corrected chi connectivity index (χ1v) is 9.45. The Kier molecular flexibility index (Phi) is 6.59. The van der Waals surface area contributed by atoms with E-state index in [2.05, 4.69) is 16.3 Å². The number of aliphatic hydroxyl groups is 1. The molecule has 27 heavy (non-hydrogen) atoms. The van der Waals surface area contributed by atoms with Gasteiger partial charge < -0.3 is 15.3 Å². The number of carbonyl (C=O) groups is 1. The van der Waals surface area contributed by atoms with Crippen molar-refractivity contribution in [2.45, 2.75) is 25.4 Å². The van der Waals surface area contributed by atoms with Crippen molar-refractivity contribution in [3.05, 3.63) is 59.7 Å². The smallest absolute Gasteiger partial charge is 0.251 e. The van der Waals surface area contributed by atoms with Crippen molar-refractivity contribution in [1.29, 1.82) is 5.26 Å². The van der Waals surface area contributed by atoms with Gasteiger partial charge in [-0.3, -0.25) is 4.79 Å². The average molecular weight is 363 g/mol. The molecule has 0 spiro atoms. The minimum atomic E-state index is -0.212. The fraction of sp³-hybridized carbons (Fsp3) is 0.364. The number of likely N-dealkylation sites (tertiary alicyclic amines) is 1. The molecule has 2 aromatic carbocycles. The molecule has 1 fully saturated rings. The predicted octanol–water partition coefficient (Wildman–Crippen LogP) is 2.80. The molecule has 0 radical (unpaired) electrons. The Morgan fingerprint density at radius 3 is 2.78 bits per heavy atom. The van der Waals surface area contributed by atoms with E-state index >= 15 is 0 Å². The van der Waals surface area contributed by atoms with Crippen LogP contribution in [0.4, 0.5) is 0 Å². The molecular formula is C22H25N3O2. The Morgan fingerprint density at radius 1 is 1.22 bits per heavy atom. The van der Waals surface area contributed by atoms with Crippen LogP contribution < -0.4 is 5.32 Å². The van der Waals surface area contributed by atoms with Crippen LogP contribution in [0.1, 0.15) is 35.2 Å². The van der Waals surface area contributed by atoms with Crippen molar-refractivity contribution in [2.24, 2.45) is 0 Å². The predicted molar refractivity (Wildman–Crippen MR) is 105 cm³/mol. The number of nitrogens with one attached hydrogen (secondary N) is 1. The molecule has 1 amide bonds. The van der Waals surface area contributed by atoms with Gasteiger partial charge in [0.15, 0.2) is 0 Å². The summed E-state index contributed by atoms with van der Waals surface area (Å²) in [6.45, 7) is 3.25. The molecular weight excluding hydrogens is 338 g/mol. The van der Waals surface area contributed by atoms with Gasteiger partial charge in [-0.15, -0.1) is 0 Å². The van der Waals surface area contributed by atoms with Crippen LogP contribution in [0.15, 0.2) is 48.5 Å². The third-order valence-electron chi connectivity index (χ3n) is 4.87. The molecule has 1 aliphatic heterocycles. The van der Waals surface area contributed by atoms with Crippen molar-refractivity contribution in [2.75, 3.05) is 26.2 Å². The topological polar surface area (TPSA) is 76.4 Å². The lowest BCUT2D eigenvalue weighted by molar-refractivity contribution is 0.0697. The Bertz CT molecular complexity index is 828. The summed E-state index contributed by atoms with van der Waals surface area (Å²) >= 11 is 0. The first kappa shape index (κ1) is 19.1. The molecule has 1 saturated heterocycles. The molecule has 0 saturated carbocycles. The van der Waals surface area contributed by atoms with Crippen molar-refractivity contribution in [1.82, 2.24) is 10.2 Å². The molecule has 0 unspecified atom stereocenters. The highest BCUT2D eigenvalue weighted by Crippen LogP contribution is 2.21. The SMILES string of the molecule is N#Cc1cccc(-c2cccc(C(=O)NCCCN3CCC[C@@H](O)C3)c2)c1. The number of β-amino-alcohol motifs (C(OH)–C–C–N with tert-alkyl or cyclic N) is 1. The minimum Gasteiger partial charge on any atom is -0.392 e. The molecule has 3 rings (SSSR count). The zero-order valence-corrected chi connectivity index (χ0v) is 15.4. The fourth-order valence-corrected chi connectivity index (χ4v) is 3.45. The normalized spacial score (nSPS) is 17.3. The van der Waals surface area contributed by atoms with Crippen LogP contribution in [0.3, 0.4) is 0 Å². The number of benzene rings is 2. The maximum atomic E-state index is 12.4. The minimum absolute atomic E-state index is 0.0908. The molecule has 1 heterocycles. The van der Waals surface area contributed by atoms with E-state index in [1.807, 2.05) is 36.4 Å². The second-order valence-corrected chi connectivity index (χ2v) is 6.98. The number of aliphatic hydroxyl groups excluding tert-OH is 1. The van der Waals surface area contributed by atoms with E-state index in [9.17, 15) is 9.90 Å². The number of nitrogens with zero attached hydrogens (tertiary/aromatic N) is 2. The molecule has 1 aliphatic rings. The monoisotopic (exact) mass is 363 g/mol. The number of piperidine rings is 1. The Balaban J connectivity index is 1.53. The maximum Gasteiger partial charge on any atom is 0.251 e. The number of hydrogen-bond donors (Lipinski definition) is 2. The third kappa shape index (κ3) is 5.40. The maximum absolute atomic E-state index is 12.4. The summed E-state index contributed by atoms with van der Waals surface area (Å²) in [5, 5.41) is 21.7. The van der Waals surface area contributed by atoms with Crippen LogP contribution in [0.25, 0.3) is 11.1 Å². The quantitative estimate of drug-likeness (QED) is 0.774. The van der Waals surface area contributed by atoms with E-state index in [1.165, 1.54) is 0 Å². The molecule has 1 atom stereocenters. The van der Waals surface area contributed by atoms with Gasteiger partial charge in [0.25, 0.3) is 5.91 Å². The Hall–Kier alpha value is -2.68. The zero-order chi connectivity index (χ0) is 19.1. The van der Waals surface area contributed by atoms with Crippen molar-refractivity contribution >= 4 is 5.91 Å². The average Bonchev–Trinajstić information content (AvgIpc) is 2.71. The first-order chi connectivity index (χ1) is 13.2. The van der Waals surface area contributed by atoms with Gasteiger partial charge in [-0.05, 0) is 67.7 Å². The standard InChI is InChI=1S/C22H25N3O2/c23-15-17-5-1-6-18(13-17)19-7-2-8-20(14-19)22(27)24-10-4-12-25-11-3-9-21(26)16-25/h1-2,5-8,13-14,21,26H,3-4,9-12,16H2,(H,24,27)/t21-/m1/s1. The largest absolute Gasteiger partial charge is 0.392 e. The van der Waals surface area contributed by atoms with Crippen LogP contribution in [-0.2, 0) is 0 Å². The van der Waals surface area contributed by atoms with Crippen LogP contribution >= 0.6 is 0 Å². The van der Waals surface area contributed by atoms with Crippen molar-refractivity contribution in [3.63, 3.8) is 0 Å². The number of nitriles is 1. The van der Waals surface area contributed by atoms with Crippen LogP contribution in [0.5, 0.6) is 0 Å². The lowest BCUT2D eigenvalue weighted by Gasteiger charge is -2.29. The lowest BCUT2D eigenvalue weighted by atomic mass is 10.0. The highest BCUT2D eigenvalue weighted by molar-refractivity contribution is 5.95. The second-order valence-electron chi connectivity index (χ2n) is 6.98. The summed E-state index contributed by atoms with van der Waals surface area (Å²) in [7, 11) is 0. The van der Waals surface area contributed by atoms with Gasteiger partial charge in [0.1, 0.15) is 0 Å². The van der Waals surface area contributed by atoms with E-state index in [0.29, 0.717) is 17.7 Å². The number of rotatable bonds is 6. The molecule has 5 nitrogen and oxygen atoms in total. The van der Waals surface area contributed by atoms with Crippen LogP contribution in [0.2, 0.25) is 0 Å². The van der Waals surface area contributed by atoms with Crippen molar-refractivity contribution < 1.29 is 9.90 Å². The number of carbonyl (C=O) groups excluding carboxylic acids is 1. The molecule has 2 aromatic rings. The molecule has 5 heteroatoms. The van der Waals surface area contributed by atoms with Gasteiger partial charge in [-0.25, -0.2) is 0 Å². The molecule has 0 bridgehead atoms. The summed E-state index contributed by atoms with van der Waals surface area (Å²) in [6, 6.07) is 17.0. The zero-order valence-electron chi connectivity index (χ0n) is 15.4. The number of amides is 1. The van der Waals surface area contributed by atoms with Gasteiger partial charge >= 0.3 is 0 Å². The van der Waals surface area contributed by atoms with Gasteiger partial charge in [0.2, 0.25) is 0 Å². The fourth-order valence-electron chi connectivity index (χ4n) is 3.45. The van der Waals surface area contributed by atoms with Crippen LogP contribution in [-0.4, -0.2) is 48.2 Å². The van der Waals surface area contributed by atoms with E-state index in [1.54, 1.807) is 12.1 Å². The summed E-state index contributed by atoms with van der Waals surface area (Å²) < 4.78 is 0. The van der Waals surface area contributed by atoms with E-state index < -0.39 is 0 Å². The summed E-state index contributed by atoms with van der Waals surface area (Å²) in [4.78, 5) is 14.7. The Labute approximate surface area is 160 Å². The van der Waals surface area contributed by atoms with Crippen molar-refractivity contribution in [3.8, 4) is 17.2 Å². The van der Waals surface area contributed by atoms with Gasteiger partial charge in [0, 0.05) is 18.7 Å². The lowest BCUT2D eigenvalue weighted by Crippen LogP contribution is -2.39. The van der Waals surface area contributed by atoms with Gasteiger partial charge in [-0.2, -0.15) is 5.26 Å². The molecule has 0 aromatic heterocycles. The molecule has 140 valence electrons. The van der Waals surface area contributed by atoms with E-state index in [0.717, 1.165) is 50.0 Å². The van der Waals surface area contributed by atoms with Crippen LogP contribution in [0, 0.1) is 11.3 Å². The molecule has 2 N–H and O–H groups in total.